The maximum Gasteiger partial charge on any atom is 0.322 e. The maximum atomic E-state index is 13.6. The molecule has 0 saturated heterocycles. The highest BCUT2D eigenvalue weighted by Crippen LogP contribution is 2.15. The Morgan fingerprint density at radius 3 is 2.37 bits per heavy atom. The number of unbranched alkanes of at least 4 members (excludes halogenated alkanes) is 1. The number of hydrogen-bond donors (Lipinski definition) is 1. The maximum absolute atomic E-state index is 13.6. The summed E-state index contributed by atoms with van der Waals surface area (Å²) in [6.45, 7) is 7.56. The van der Waals surface area contributed by atoms with E-state index < -0.39 is 0 Å². The van der Waals surface area contributed by atoms with E-state index in [1.807, 2.05) is 66.6 Å². The predicted octanol–water partition coefficient (Wildman–Crippen LogP) is 6.39. The monoisotopic (exact) mass is 582 g/mol. The van der Waals surface area contributed by atoms with Crippen molar-refractivity contribution >= 4 is 33.6 Å². The highest BCUT2D eigenvalue weighted by Gasteiger charge is 2.22. The lowest BCUT2D eigenvalue weighted by molar-refractivity contribution is -0.132. The molecule has 8 heteroatoms. The van der Waals surface area contributed by atoms with Crippen molar-refractivity contribution in [2.45, 2.75) is 46.2 Å². The summed E-state index contributed by atoms with van der Waals surface area (Å²) in [4.78, 5) is 30.2. The van der Waals surface area contributed by atoms with Gasteiger partial charge in [-0.05, 0) is 61.7 Å². The van der Waals surface area contributed by atoms with Crippen LogP contribution in [0.25, 0.3) is 0 Å². The molecule has 0 atom stereocenters. The lowest BCUT2D eigenvalue weighted by Gasteiger charge is -2.28. The van der Waals surface area contributed by atoms with Crippen LogP contribution in [0.2, 0.25) is 0 Å². The van der Waals surface area contributed by atoms with Crippen molar-refractivity contribution in [3.63, 3.8) is 0 Å². The fraction of sp³-hybridized carbons (Fsp3) is 0.400. The Morgan fingerprint density at radius 1 is 0.921 bits per heavy atom. The third-order valence-electron chi connectivity index (χ3n) is 6.24. The number of rotatable bonds is 15. The van der Waals surface area contributed by atoms with Crippen molar-refractivity contribution in [3.8, 4) is 0 Å². The van der Waals surface area contributed by atoms with Crippen LogP contribution >= 0.6 is 15.9 Å². The van der Waals surface area contributed by atoms with E-state index in [9.17, 15) is 9.59 Å². The molecular formula is C30H39BrN4O3. The lowest BCUT2D eigenvalue weighted by Crippen LogP contribution is -2.45. The van der Waals surface area contributed by atoms with Gasteiger partial charge in [0.25, 0.3) is 0 Å². The highest BCUT2D eigenvalue weighted by atomic mass is 79.9. The molecule has 7 nitrogen and oxygen atoms in total. The molecule has 0 fully saturated rings. The minimum absolute atomic E-state index is 0.0158. The van der Waals surface area contributed by atoms with Crippen LogP contribution in [0, 0.1) is 0 Å². The Labute approximate surface area is 234 Å². The zero-order chi connectivity index (χ0) is 27.2. The van der Waals surface area contributed by atoms with Crippen LogP contribution in [0.1, 0.15) is 44.4 Å². The van der Waals surface area contributed by atoms with Crippen LogP contribution in [0.5, 0.6) is 0 Å². The first kappa shape index (κ1) is 29.5. The minimum Gasteiger partial charge on any atom is -0.382 e. The van der Waals surface area contributed by atoms with Crippen LogP contribution in [0.3, 0.4) is 0 Å². The zero-order valence-corrected chi connectivity index (χ0v) is 24.0. The van der Waals surface area contributed by atoms with Gasteiger partial charge < -0.3 is 24.4 Å². The molecule has 3 aromatic rings. The van der Waals surface area contributed by atoms with Gasteiger partial charge >= 0.3 is 6.03 Å². The molecule has 0 aliphatic rings. The minimum atomic E-state index is -0.282. The number of aromatic nitrogens is 1. The molecule has 0 radical (unpaired) electrons. The average molecular weight is 584 g/mol. The second-order valence-corrected chi connectivity index (χ2v) is 10.1. The number of urea groups is 1. The summed E-state index contributed by atoms with van der Waals surface area (Å²) in [6.07, 6.45) is 4.59. The quantitative estimate of drug-likeness (QED) is 0.211. The molecule has 1 N–H and O–H groups in total. The van der Waals surface area contributed by atoms with Crippen molar-refractivity contribution in [3.05, 3.63) is 88.7 Å². The van der Waals surface area contributed by atoms with Gasteiger partial charge in [0.2, 0.25) is 5.91 Å². The number of carbonyl (C=O) groups excluding carboxylic acids is 2. The van der Waals surface area contributed by atoms with Crippen LogP contribution in [-0.4, -0.2) is 59.2 Å². The van der Waals surface area contributed by atoms with Gasteiger partial charge in [-0.2, -0.15) is 0 Å². The molecule has 1 heterocycles. The molecule has 0 aliphatic heterocycles. The highest BCUT2D eigenvalue weighted by molar-refractivity contribution is 9.10. The fourth-order valence-corrected chi connectivity index (χ4v) is 4.38. The van der Waals surface area contributed by atoms with Crippen molar-refractivity contribution in [1.29, 1.82) is 0 Å². The second kappa shape index (κ2) is 16.0. The summed E-state index contributed by atoms with van der Waals surface area (Å²) in [7, 11) is 0. The van der Waals surface area contributed by atoms with Gasteiger partial charge in [-0.25, -0.2) is 4.79 Å². The molecule has 0 unspecified atom stereocenters. The van der Waals surface area contributed by atoms with E-state index in [1.165, 1.54) is 5.56 Å². The number of amides is 3. The number of para-hydroxylation sites is 1. The Kier molecular flexibility index (Phi) is 12.4. The molecular weight excluding hydrogens is 544 g/mol. The number of benzene rings is 2. The van der Waals surface area contributed by atoms with Gasteiger partial charge in [-0.1, -0.05) is 59.6 Å². The summed E-state index contributed by atoms with van der Waals surface area (Å²) >= 11 is 3.49. The van der Waals surface area contributed by atoms with Gasteiger partial charge in [0.15, 0.2) is 0 Å². The van der Waals surface area contributed by atoms with Crippen molar-refractivity contribution in [2.24, 2.45) is 0 Å². The van der Waals surface area contributed by atoms with Crippen molar-refractivity contribution in [2.75, 3.05) is 38.2 Å². The molecule has 0 bridgehead atoms. The first-order valence-corrected chi connectivity index (χ1v) is 14.1. The summed E-state index contributed by atoms with van der Waals surface area (Å²) in [5.41, 5.74) is 2.96. The largest absolute Gasteiger partial charge is 0.382 e. The summed E-state index contributed by atoms with van der Waals surface area (Å²) in [5, 5.41) is 2.92. The third-order valence-corrected chi connectivity index (χ3v) is 6.76. The number of halogens is 1. The molecule has 38 heavy (non-hydrogen) atoms. The smallest absolute Gasteiger partial charge is 0.322 e. The van der Waals surface area contributed by atoms with Crippen LogP contribution in [0.15, 0.2) is 77.4 Å². The van der Waals surface area contributed by atoms with Gasteiger partial charge in [-0.15, -0.1) is 0 Å². The molecule has 0 saturated carbocycles. The number of ether oxygens (including phenoxy) is 1. The van der Waals surface area contributed by atoms with Gasteiger partial charge in [0.05, 0.1) is 6.54 Å². The molecule has 0 aliphatic carbocycles. The molecule has 1 aromatic heterocycles. The normalized spacial score (nSPS) is 10.8. The van der Waals surface area contributed by atoms with E-state index in [4.69, 9.17) is 4.74 Å². The van der Waals surface area contributed by atoms with E-state index >= 15 is 0 Å². The van der Waals surface area contributed by atoms with E-state index in [2.05, 4.69) is 50.9 Å². The second-order valence-electron chi connectivity index (χ2n) is 9.19. The molecule has 2 aromatic carbocycles. The molecule has 3 rings (SSSR count). The topological polar surface area (TPSA) is 66.8 Å². The first-order chi connectivity index (χ1) is 18.5. The van der Waals surface area contributed by atoms with E-state index in [-0.39, 0.29) is 18.5 Å². The standard InChI is InChI=1S/C30H39BrN4O3/c1-3-5-18-34(23-28-13-9-19-33(28)22-25-14-16-26(31)17-15-25)29(36)24-35(20-10-21-38-4-2)30(37)32-27-11-7-6-8-12-27/h6-9,11-17,19H,3-5,10,18,20-24H2,1-2H3,(H,32,37). The zero-order valence-electron chi connectivity index (χ0n) is 22.4. The van der Waals surface area contributed by atoms with Crippen LogP contribution < -0.4 is 5.32 Å². The Hall–Kier alpha value is -3.10. The SMILES string of the molecule is CCCCN(Cc1cccn1Cc1ccc(Br)cc1)C(=O)CN(CCCOCC)C(=O)Nc1ccccc1. The molecule has 3 amide bonds. The Balaban J connectivity index is 1.71. The number of hydrogen-bond acceptors (Lipinski definition) is 3. The van der Waals surface area contributed by atoms with Crippen LogP contribution in [-0.2, 0) is 22.6 Å². The average Bonchev–Trinajstić information content (AvgIpc) is 3.36. The predicted molar refractivity (Wildman–Crippen MR) is 156 cm³/mol. The molecule has 204 valence electrons. The van der Waals surface area contributed by atoms with E-state index in [0.29, 0.717) is 45.0 Å². The summed E-state index contributed by atoms with van der Waals surface area (Å²) < 4.78 is 8.69. The first-order valence-electron chi connectivity index (χ1n) is 13.3. The van der Waals surface area contributed by atoms with Crippen molar-refractivity contribution in [1.82, 2.24) is 14.4 Å². The van der Waals surface area contributed by atoms with E-state index in [1.54, 1.807) is 4.90 Å². The Morgan fingerprint density at radius 2 is 1.66 bits per heavy atom. The number of nitrogens with one attached hydrogen (secondary N) is 1. The van der Waals surface area contributed by atoms with Gasteiger partial charge in [-0.3, -0.25) is 4.79 Å². The number of anilines is 1. The van der Waals surface area contributed by atoms with Gasteiger partial charge in [0, 0.05) is 54.9 Å². The number of nitrogens with zero attached hydrogens (tertiary/aromatic N) is 3. The van der Waals surface area contributed by atoms with Crippen molar-refractivity contribution < 1.29 is 14.3 Å². The van der Waals surface area contributed by atoms with Gasteiger partial charge in [0.1, 0.15) is 6.54 Å². The third kappa shape index (κ3) is 9.65. The lowest BCUT2D eigenvalue weighted by atomic mass is 10.2. The summed E-state index contributed by atoms with van der Waals surface area (Å²) in [5.74, 6) is -0.0607. The van der Waals surface area contributed by atoms with Crippen LogP contribution in [0.4, 0.5) is 10.5 Å². The van der Waals surface area contributed by atoms with E-state index in [0.717, 1.165) is 29.6 Å². The number of carbonyl (C=O) groups is 2. The summed E-state index contributed by atoms with van der Waals surface area (Å²) in [6, 6.07) is 21.4. The fourth-order valence-electron chi connectivity index (χ4n) is 4.11. The molecule has 0 spiro atoms. The Bertz CT molecular complexity index is 1120.